The molecule has 0 spiro atoms. The average Bonchev–Trinajstić information content (AvgIpc) is 3.06. The number of hydrogen-bond donors (Lipinski definition) is 1. The van der Waals surface area contributed by atoms with Gasteiger partial charge in [0.2, 0.25) is 0 Å². The van der Waals surface area contributed by atoms with E-state index in [0.29, 0.717) is 5.02 Å². The summed E-state index contributed by atoms with van der Waals surface area (Å²) < 4.78 is 1.93. The van der Waals surface area contributed by atoms with E-state index in [4.69, 9.17) is 17.3 Å². The van der Waals surface area contributed by atoms with Crippen LogP contribution in [0.2, 0.25) is 5.02 Å². The molecular formula is C14H16ClN5. The summed E-state index contributed by atoms with van der Waals surface area (Å²) in [4.78, 5) is 9.01. The van der Waals surface area contributed by atoms with Crippen LogP contribution >= 0.6 is 11.6 Å². The van der Waals surface area contributed by atoms with Gasteiger partial charge in [-0.05, 0) is 37.3 Å². The van der Waals surface area contributed by atoms with Crippen LogP contribution in [-0.4, -0.2) is 19.7 Å². The van der Waals surface area contributed by atoms with E-state index in [-0.39, 0.29) is 12.1 Å². The van der Waals surface area contributed by atoms with Crippen molar-refractivity contribution < 1.29 is 0 Å². The van der Waals surface area contributed by atoms with E-state index < -0.39 is 0 Å². The van der Waals surface area contributed by atoms with Gasteiger partial charge in [0.1, 0.15) is 5.82 Å². The Balaban J connectivity index is 1.71. The molecule has 0 aromatic carbocycles. The standard InChI is InChI=1S/C14H16ClN5/c15-9-2-1-5-17-13(9)11-7-10(16)14-18-12(19-20(11)14)6-8-3-4-8/h1-2,5,8,10-11H,3-4,6-7,16H2/t10-,11-/m0/s1. The number of halogens is 1. The molecule has 104 valence electrons. The number of fused-ring (bicyclic) bond motifs is 1. The van der Waals surface area contributed by atoms with Crippen LogP contribution in [-0.2, 0) is 6.42 Å². The van der Waals surface area contributed by atoms with E-state index in [1.54, 1.807) is 6.20 Å². The minimum absolute atomic E-state index is 0.00848. The molecule has 0 saturated heterocycles. The van der Waals surface area contributed by atoms with Crippen LogP contribution in [0.15, 0.2) is 18.3 Å². The third kappa shape index (κ3) is 2.01. The van der Waals surface area contributed by atoms with E-state index >= 15 is 0 Å². The molecule has 0 bridgehead atoms. The van der Waals surface area contributed by atoms with Crippen LogP contribution in [0.1, 0.15) is 48.7 Å². The summed E-state index contributed by atoms with van der Waals surface area (Å²) in [5, 5.41) is 5.31. The highest BCUT2D eigenvalue weighted by Crippen LogP contribution is 2.38. The molecule has 1 aliphatic carbocycles. The first-order chi connectivity index (χ1) is 9.72. The fourth-order valence-electron chi connectivity index (χ4n) is 2.85. The van der Waals surface area contributed by atoms with Gasteiger partial charge in [-0.15, -0.1) is 0 Å². The first-order valence-electron chi connectivity index (χ1n) is 7.03. The largest absolute Gasteiger partial charge is 0.321 e. The molecular weight excluding hydrogens is 274 g/mol. The molecule has 3 heterocycles. The zero-order chi connectivity index (χ0) is 13.7. The molecule has 1 aliphatic heterocycles. The molecule has 2 N–H and O–H groups in total. The maximum absolute atomic E-state index is 6.25. The Morgan fingerprint density at radius 3 is 3.00 bits per heavy atom. The number of nitrogens with two attached hydrogens (primary N) is 1. The van der Waals surface area contributed by atoms with Crippen molar-refractivity contribution in [3.63, 3.8) is 0 Å². The first-order valence-corrected chi connectivity index (χ1v) is 7.41. The summed E-state index contributed by atoms with van der Waals surface area (Å²) >= 11 is 6.25. The second-order valence-electron chi connectivity index (χ2n) is 5.71. The lowest BCUT2D eigenvalue weighted by Crippen LogP contribution is -2.11. The summed E-state index contributed by atoms with van der Waals surface area (Å²) in [6.07, 6.45) is 6.08. The van der Waals surface area contributed by atoms with Crippen molar-refractivity contribution in [2.24, 2.45) is 11.7 Å². The van der Waals surface area contributed by atoms with E-state index in [2.05, 4.69) is 15.1 Å². The topological polar surface area (TPSA) is 69.6 Å². The average molecular weight is 290 g/mol. The van der Waals surface area contributed by atoms with Crippen molar-refractivity contribution in [1.29, 1.82) is 0 Å². The van der Waals surface area contributed by atoms with Crippen molar-refractivity contribution in [3.05, 3.63) is 40.7 Å². The number of nitrogens with zero attached hydrogens (tertiary/aromatic N) is 4. The van der Waals surface area contributed by atoms with Gasteiger partial charge in [0.15, 0.2) is 5.82 Å². The molecule has 0 amide bonds. The number of rotatable bonds is 3. The van der Waals surface area contributed by atoms with Crippen LogP contribution in [0.25, 0.3) is 0 Å². The zero-order valence-corrected chi connectivity index (χ0v) is 11.8. The van der Waals surface area contributed by atoms with Gasteiger partial charge in [-0.25, -0.2) is 9.67 Å². The summed E-state index contributed by atoms with van der Waals surface area (Å²) in [5.41, 5.74) is 7.03. The fraction of sp³-hybridized carbons (Fsp3) is 0.500. The van der Waals surface area contributed by atoms with Gasteiger partial charge in [-0.1, -0.05) is 11.6 Å². The van der Waals surface area contributed by atoms with Gasteiger partial charge in [-0.3, -0.25) is 4.98 Å². The molecule has 4 rings (SSSR count). The van der Waals surface area contributed by atoms with Gasteiger partial charge in [0.25, 0.3) is 0 Å². The van der Waals surface area contributed by atoms with Crippen LogP contribution in [0, 0.1) is 5.92 Å². The molecule has 20 heavy (non-hydrogen) atoms. The Kier molecular flexibility index (Phi) is 2.79. The molecule has 2 aromatic rings. The van der Waals surface area contributed by atoms with Crippen LogP contribution in [0.3, 0.4) is 0 Å². The van der Waals surface area contributed by atoms with Gasteiger partial charge >= 0.3 is 0 Å². The summed E-state index contributed by atoms with van der Waals surface area (Å²) in [6, 6.07) is 3.62. The van der Waals surface area contributed by atoms with Crippen molar-refractivity contribution in [1.82, 2.24) is 19.7 Å². The van der Waals surface area contributed by atoms with E-state index in [0.717, 1.165) is 36.1 Å². The lowest BCUT2D eigenvalue weighted by molar-refractivity contribution is 0.519. The van der Waals surface area contributed by atoms with Gasteiger partial charge in [0, 0.05) is 12.6 Å². The Bertz CT molecular complexity index is 649. The lowest BCUT2D eigenvalue weighted by atomic mass is 10.1. The normalized spacial score (nSPS) is 24.9. The third-order valence-electron chi connectivity index (χ3n) is 4.08. The number of aromatic nitrogens is 4. The quantitative estimate of drug-likeness (QED) is 0.941. The Hall–Kier alpha value is -1.46. The van der Waals surface area contributed by atoms with Crippen molar-refractivity contribution >= 4 is 11.6 Å². The molecule has 1 saturated carbocycles. The maximum Gasteiger partial charge on any atom is 0.151 e. The predicted molar refractivity (Wildman–Crippen MR) is 75.4 cm³/mol. The number of pyridine rings is 1. The molecule has 2 atom stereocenters. The van der Waals surface area contributed by atoms with Crippen LogP contribution in [0.5, 0.6) is 0 Å². The summed E-state index contributed by atoms with van der Waals surface area (Å²) in [7, 11) is 0. The fourth-order valence-corrected chi connectivity index (χ4v) is 3.09. The maximum atomic E-state index is 6.25. The Morgan fingerprint density at radius 1 is 1.40 bits per heavy atom. The molecule has 2 aliphatic rings. The molecule has 1 fully saturated rings. The van der Waals surface area contributed by atoms with E-state index in [1.807, 2.05) is 16.8 Å². The van der Waals surface area contributed by atoms with Crippen molar-refractivity contribution in [3.8, 4) is 0 Å². The highest BCUT2D eigenvalue weighted by molar-refractivity contribution is 6.31. The Morgan fingerprint density at radius 2 is 2.25 bits per heavy atom. The van der Waals surface area contributed by atoms with Crippen molar-refractivity contribution in [2.45, 2.75) is 37.8 Å². The molecule has 0 unspecified atom stereocenters. The lowest BCUT2D eigenvalue weighted by Gasteiger charge is -2.12. The number of hydrogen-bond acceptors (Lipinski definition) is 4. The molecule has 6 heteroatoms. The summed E-state index contributed by atoms with van der Waals surface area (Å²) in [5.74, 6) is 2.55. The smallest absolute Gasteiger partial charge is 0.151 e. The zero-order valence-electron chi connectivity index (χ0n) is 11.0. The van der Waals surface area contributed by atoms with E-state index in [9.17, 15) is 0 Å². The van der Waals surface area contributed by atoms with Gasteiger partial charge < -0.3 is 5.73 Å². The molecule has 2 aromatic heterocycles. The van der Waals surface area contributed by atoms with Crippen LogP contribution < -0.4 is 5.73 Å². The van der Waals surface area contributed by atoms with Crippen LogP contribution in [0.4, 0.5) is 0 Å². The molecule has 0 radical (unpaired) electrons. The molecule has 5 nitrogen and oxygen atoms in total. The minimum Gasteiger partial charge on any atom is -0.321 e. The predicted octanol–water partition coefficient (Wildman–Crippen LogP) is 2.27. The monoisotopic (exact) mass is 289 g/mol. The van der Waals surface area contributed by atoms with Gasteiger partial charge in [-0.2, -0.15) is 5.10 Å². The van der Waals surface area contributed by atoms with Crippen molar-refractivity contribution in [2.75, 3.05) is 0 Å². The first kappa shape index (κ1) is 12.3. The highest BCUT2D eigenvalue weighted by Gasteiger charge is 2.35. The second kappa shape index (κ2) is 4.53. The highest BCUT2D eigenvalue weighted by atomic mass is 35.5. The summed E-state index contributed by atoms with van der Waals surface area (Å²) in [6.45, 7) is 0. The third-order valence-corrected chi connectivity index (χ3v) is 4.40. The van der Waals surface area contributed by atoms with Gasteiger partial charge in [0.05, 0.1) is 22.8 Å². The second-order valence-corrected chi connectivity index (χ2v) is 6.11. The van der Waals surface area contributed by atoms with E-state index in [1.165, 1.54) is 12.8 Å². The minimum atomic E-state index is -0.0847. The Labute approximate surface area is 122 Å². The SMILES string of the molecule is N[C@H]1C[C@@H](c2ncccc2Cl)n2nc(CC3CC3)nc21.